The van der Waals surface area contributed by atoms with Crippen LogP contribution in [0.3, 0.4) is 0 Å². The second-order valence-corrected chi connectivity index (χ2v) is 7.33. The number of benzene rings is 3. The molecule has 0 saturated carbocycles. The fraction of sp³-hybridized carbons (Fsp3) is 0.240. The Kier molecular flexibility index (Phi) is 7.73. The minimum absolute atomic E-state index is 0.0127. The molecule has 0 atom stereocenters. The Bertz CT molecular complexity index is 1030. The van der Waals surface area contributed by atoms with Crippen molar-refractivity contribution in [3.05, 3.63) is 101 Å². The van der Waals surface area contributed by atoms with Crippen LogP contribution in [0.4, 0.5) is 8.78 Å². The molecule has 0 radical (unpaired) electrons. The zero-order valence-corrected chi connectivity index (χ0v) is 17.5. The first-order chi connectivity index (χ1) is 15.0. The van der Waals surface area contributed by atoms with E-state index in [1.54, 1.807) is 31.2 Å². The van der Waals surface area contributed by atoms with Crippen LogP contribution in [0.5, 0.6) is 5.75 Å². The van der Waals surface area contributed by atoms with Gasteiger partial charge in [-0.3, -0.25) is 4.79 Å². The molecule has 3 aromatic carbocycles. The van der Waals surface area contributed by atoms with E-state index in [0.717, 1.165) is 11.6 Å². The van der Waals surface area contributed by atoms with E-state index < -0.39 is 11.6 Å². The van der Waals surface area contributed by atoms with Crippen molar-refractivity contribution in [3.63, 3.8) is 0 Å². The number of nitrogens with zero attached hydrogens (tertiary/aromatic N) is 1. The third-order valence-corrected chi connectivity index (χ3v) is 4.96. The lowest BCUT2D eigenvalue weighted by molar-refractivity contribution is 0.0735. The maximum atomic E-state index is 14.3. The lowest BCUT2D eigenvalue weighted by atomic mass is 10.1. The first-order valence-corrected chi connectivity index (χ1v) is 10.2. The van der Waals surface area contributed by atoms with Crippen LogP contribution in [0.2, 0.25) is 0 Å². The molecule has 6 heteroatoms. The highest BCUT2D eigenvalue weighted by molar-refractivity contribution is 5.97. The zero-order chi connectivity index (χ0) is 22.2. The highest BCUT2D eigenvalue weighted by atomic mass is 19.1. The van der Waals surface area contributed by atoms with Crippen molar-refractivity contribution >= 4 is 5.91 Å². The summed E-state index contributed by atoms with van der Waals surface area (Å²) >= 11 is 0. The van der Waals surface area contributed by atoms with Gasteiger partial charge in [0, 0.05) is 24.7 Å². The third kappa shape index (κ3) is 5.89. The number of para-hydroxylation sites is 1. The largest absolute Gasteiger partial charge is 0.488 e. The molecule has 0 aliphatic rings. The molecular weight excluding hydrogens is 398 g/mol. The van der Waals surface area contributed by atoms with E-state index in [4.69, 9.17) is 10.5 Å². The Morgan fingerprint density at radius 3 is 2.45 bits per heavy atom. The van der Waals surface area contributed by atoms with E-state index in [2.05, 4.69) is 0 Å². The summed E-state index contributed by atoms with van der Waals surface area (Å²) in [6.07, 6.45) is 0.556. The Morgan fingerprint density at radius 2 is 1.71 bits per heavy atom. The molecule has 0 aromatic heterocycles. The summed E-state index contributed by atoms with van der Waals surface area (Å²) < 4.78 is 33.9. The van der Waals surface area contributed by atoms with Crippen LogP contribution >= 0.6 is 0 Å². The molecule has 0 saturated heterocycles. The molecule has 4 nitrogen and oxygen atoms in total. The molecule has 1 amide bonds. The van der Waals surface area contributed by atoms with Gasteiger partial charge in [0.2, 0.25) is 0 Å². The van der Waals surface area contributed by atoms with Gasteiger partial charge in [0.1, 0.15) is 24.0 Å². The van der Waals surface area contributed by atoms with Gasteiger partial charge in [-0.15, -0.1) is 0 Å². The molecule has 31 heavy (non-hydrogen) atoms. The molecule has 3 rings (SSSR count). The molecule has 0 unspecified atom stereocenters. The highest BCUT2D eigenvalue weighted by Gasteiger charge is 2.21. The van der Waals surface area contributed by atoms with Gasteiger partial charge in [0.15, 0.2) is 0 Å². The molecule has 0 bridgehead atoms. The number of hydrogen-bond donors (Lipinski definition) is 1. The molecule has 0 spiro atoms. The van der Waals surface area contributed by atoms with Crippen LogP contribution in [-0.4, -0.2) is 23.9 Å². The highest BCUT2D eigenvalue weighted by Crippen LogP contribution is 2.23. The summed E-state index contributed by atoms with van der Waals surface area (Å²) in [6, 6.07) is 18.9. The van der Waals surface area contributed by atoms with E-state index in [9.17, 15) is 13.6 Å². The van der Waals surface area contributed by atoms with Crippen molar-refractivity contribution in [1.29, 1.82) is 0 Å². The van der Waals surface area contributed by atoms with Gasteiger partial charge in [-0.2, -0.15) is 0 Å². The molecular formula is C25H26F2N2O2. The van der Waals surface area contributed by atoms with Gasteiger partial charge in [-0.1, -0.05) is 42.5 Å². The van der Waals surface area contributed by atoms with Gasteiger partial charge in [-0.05, 0) is 49.2 Å². The molecule has 2 N–H and O–H groups in total. The van der Waals surface area contributed by atoms with Gasteiger partial charge in [0.05, 0.1) is 5.56 Å². The van der Waals surface area contributed by atoms with E-state index in [1.165, 1.54) is 11.0 Å². The minimum Gasteiger partial charge on any atom is -0.488 e. The van der Waals surface area contributed by atoms with Gasteiger partial charge >= 0.3 is 0 Å². The van der Waals surface area contributed by atoms with Crippen LogP contribution in [0.15, 0.2) is 66.7 Å². The van der Waals surface area contributed by atoms with Crippen LogP contribution in [0.1, 0.15) is 33.5 Å². The number of amides is 1. The predicted octanol–water partition coefficient (Wildman–Crippen LogP) is 4.84. The lowest BCUT2D eigenvalue weighted by Crippen LogP contribution is -2.33. The average Bonchev–Trinajstić information content (AvgIpc) is 2.79. The predicted molar refractivity (Wildman–Crippen MR) is 117 cm³/mol. The smallest absolute Gasteiger partial charge is 0.257 e. The zero-order valence-electron chi connectivity index (χ0n) is 17.5. The van der Waals surface area contributed by atoms with Gasteiger partial charge < -0.3 is 15.4 Å². The molecule has 0 aliphatic heterocycles. The van der Waals surface area contributed by atoms with Gasteiger partial charge in [-0.25, -0.2) is 8.78 Å². The molecule has 3 aromatic rings. The topological polar surface area (TPSA) is 55.6 Å². The van der Waals surface area contributed by atoms with Crippen LogP contribution in [0, 0.1) is 18.6 Å². The summed E-state index contributed by atoms with van der Waals surface area (Å²) in [5, 5.41) is 0. The monoisotopic (exact) mass is 424 g/mol. The second-order valence-electron chi connectivity index (χ2n) is 7.33. The number of carbonyl (C=O) groups excluding carboxylic acids is 1. The summed E-state index contributed by atoms with van der Waals surface area (Å²) in [7, 11) is 0. The number of carbonyl (C=O) groups is 1. The van der Waals surface area contributed by atoms with Crippen LogP contribution < -0.4 is 10.5 Å². The first-order valence-electron chi connectivity index (χ1n) is 10.2. The number of ether oxygens (including phenoxy) is 1. The molecule has 0 aliphatic carbocycles. The van der Waals surface area contributed by atoms with Gasteiger partial charge in [0.25, 0.3) is 5.91 Å². The van der Waals surface area contributed by atoms with Crippen molar-refractivity contribution in [3.8, 4) is 5.75 Å². The third-order valence-electron chi connectivity index (χ3n) is 4.96. The fourth-order valence-electron chi connectivity index (χ4n) is 3.25. The summed E-state index contributed by atoms with van der Waals surface area (Å²) in [5.74, 6) is -1.13. The maximum absolute atomic E-state index is 14.3. The second kappa shape index (κ2) is 10.7. The van der Waals surface area contributed by atoms with Crippen molar-refractivity contribution < 1.29 is 18.3 Å². The molecule has 0 heterocycles. The van der Waals surface area contributed by atoms with E-state index in [0.29, 0.717) is 43.0 Å². The number of rotatable bonds is 9. The number of nitrogens with two attached hydrogens (primary N) is 1. The Morgan fingerprint density at radius 1 is 1.00 bits per heavy atom. The summed E-state index contributed by atoms with van der Waals surface area (Å²) in [6.45, 7) is 2.63. The maximum Gasteiger partial charge on any atom is 0.257 e. The first kappa shape index (κ1) is 22.4. The van der Waals surface area contributed by atoms with Crippen molar-refractivity contribution in [2.24, 2.45) is 5.73 Å². The average molecular weight is 424 g/mol. The minimum atomic E-state index is -0.678. The Balaban J connectivity index is 1.84. The van der Waals surface area contributed by atoms with E-state index >= 15 is 0 Å². The quantitative estimate of drug-likeness (QED) is 0.535. The van der Waals surface area contributed by atoms with E-state index in [-0.39, 0.29) is 18.0 Å². The van der Waals surface area contributed by atoms with Crippen molar-refractivity contribution in [1.82, 2.24) is 4.90 Å². The van der Waals surface area contributed by atoms with E-state index in [1.807, 2.05) is 30.3 Å². The van der Waals surface area contributed by atoms with Crippen LogP contribution in [-0.2, 0) is 13.2 Å². The van der Waals surface area contributed by atoms with Crippen molar-refractivity contribution in [2.75, 3.05) is 13.1 Å². The fourth-order valence-corrected chi connectivity index (χ4v) is 3.25. The number of aryl methyl sites for hydroxylation is 1. The number of hydrogen-bond acceptors (Lipinski definition) is 3. The number of halogens is 2. The SMILES string of the molecule is Cc1cc(CN(CCCN)C(=O)c2ccccc2OCc2ccccc2)c(F)cc1F. The lowest BCUT2D eigenvalue weighted by Gasteiger charge is -2.24. The summed E-state index contributed by atoms with van der Waals surface area (Å²) in [4.78, 5) is 14.9. The van der Waals surface area contributed by atoms with Crippen molar-refractivity contribution in [2.45, 2.75) is 26.5 Å². The molecule has 162 valence electrons. The Labute approximate surface area is 181 Å². The molecule has 0 fully saturated rings. The standard InChI is InChI=1S/C25H26F2N2O2/c1-18-14-20(23(27)15-22(18)26)16-29(13-7-12-28)25(30)21-10-5-6-11-24(21)31-17-19-8-3-2-4-9-19/h2-6,8-11,14-15H,7,12-13,16-17,28H2,1H3. The Hall–Kier alpha value is -3.25. The summed E-state index contributed by atoms with van der Waals surface area (Å²) in [5.41, 5.74) is 7.59. The van der Waals surface area contributed by atoms with Crippen LogP contribution in [0.25, 0.3) is 0 Å². The normalized spacial score (nSPS) is 10.7.